The quantitative estimate of drug-likeness (QED) is 0.902. The van der Waals surface area contributed by atoms with Gasteiger partial charge in [-0.05, 0) is 38.1 Å². The molecule has 0 saturated carbocycles. The highest BCUT2D eigenvalue weighted by Gasteiger charge is 2.40. The molecule has 0 spiro atoms. The van der Waals surface area contributed by atoms with Crippen molar-refractivity contribution in [3.8, 4) is 0 Å². The minimum atomic E-state index is -0.0932. The van der Waals surface area contributed by atoms with Gasteiger partial charge < -0.3 is 10.0 Å². The molecule has 1 saturated heterocycles. The maximum atomic E-state index is 9.76. The summed E-state index contributed by atoms with van der Waals surface area (Å²) in [6.07, 6.45) is 1.02. The van der Waals surface area contributed by atoms with Crippen molar-refractivity contribution in [2.75, 3.05) is 38.7 Å². The van der Waals surface area contributed by atoms with Gasteiger partial charge in [0.15, 0.2) is 0 Å². The van der Waals surface area contributed by atoms with E-state index in [2.05, 4.69) is 62.0 Å². The second kappa shape index (κ2) is 5.51. The van der Waals surface area contributed by atoms with E-state index in [-0.39, 0.29) is 12.1 Å². The minimum Gasteiger partial charge on any atom is -0.394 e. The molecule has 0 amide bonds. The Hall–Kier alpha value is -1.06. The molecule has 1 heterocycles. The SMILES string of the molecule is CC(C)c1ccccc1N1CCC(CO)(N(C)C)C1. The Balaban J connectivity index is 2.26. The zero-order valence-electron chi connectivity index (χ0n) is 12.6. The Morgan fingerprint density at radius 1 is 1.32 bits per heavy atom. The average Bonchev–Trinajstić information content (AvgIpc) is 2.84. The van der Waals surface area contributed by atoms with Gasteiger partial charge in [-0.3, -0.25) is 4.90 Å². The Labute approximate surface area is 116 Å². The summed E-state index contributed by atoms with van der Waals surface area (Å²) in [5, 5.41) is 9.76. The number of anilines is 1. The maximum absolute atomic E-state index is 9.76. The van der Waals surface area contributed by atoms with Crippen molar-refractivity contribution in [1.82, 2.24) is 4.90 Å². The lowest BCUT2D eigenvalue weighted by molar-refractivity contribution is 0.0867. The van der Waals surface area contributed by atoms with Gasteiger partial charge >= 0.3 is 0 Å². The fourth-order valence-corrected chi connectivity index (χ4v) is 2.96. The Morgan fingerprint density at radius 2 is 2.00 bits per heavy atom. The number of hydrogen-bond acceptors (Lipinski definition) is 3. The van der Waals surface area contributed by atoms with Crippen molar-refractivity contribution >= 4 is 5.69 Å². The summed E-state index contributed by atoms with van der Waals surface area (Å²) in [4.78, 5) is 4.59. The van der Waals surface area contributed by atoms with E-state index < -0.39 is 0 Å². The van der Waals surface area contributed by atoms with Gasteiger partial charge in [0, 0.05) is 18.8 Å². The van der Waals surface area contributed by atoms with Crippen LogP contribution in [0.15, 0.2) is 24.3 Å². The molecular formula is C16H26N2O. The minimum absolute atomic E-state index is 0.0932. The second-order valence-electron chi connectivity index (χ2n) is 6.16. The van der Waals surface area contributed by atoms with Gasteiger partial charge in [0.2, 0.25) is 0 Å². The van der Waals surface area contributed by atoms with Crippen LogP contribution in [-0.2, 0) is 0 Å². The number of likely N-dealkylation sites (N-methyl/N-ethyl adjacent to an activating group) is 1. The average molecular weight is 262 g/mol. The molecule has 3 nitrogen and oxygen atoms in total. The maximum Gasteiger partial charge on any atom is 0.0633 e. The number of rotatable bonds is 4. The lowest BCUT2D eigenvalue weighted by atomic mass is 9.98. The van der Waals surface area contributed by atoms with Crippen LogP contribution in [0.25, 0.3) is 0 Å². The molecule has 0 aromatic heterocycles. The zero-order valence-corrected chi connectivity index (χ0v) is 12.6. The van der Waals surface area contributed by atoms with Crippen molar-refractivity contribution in [2.45, 2.75) is 31.7 Å². The Kier molecular flexibility index (Phi) is 4.16. The van der Waals surface area contributed by atoms with E-state index in [0.717, 1.165) is 19.5 Å². The Bertz CT molecular complexity index is 431. The van der Waals surface area contributed by atoms with Crippen LogP contribution in [0.3, 0.4) is 0 Å². The number of hydrogen-bond donors (Lipinski definition) is 1. The highest BCUT2D eigenvalue weighted by Crippen LogP contribution is 2.34. The summed E-state index contributed by atoms with van der Waals surface area (Å²) >= 11 is 0. The molecule has 1 aliphatic rings. The van der Waals surface area contributed by atoms with Crippen LogP contribution in [-0.4, -0.2) is 49.3 Å². The number of benzene rings is 1. The van der Waals surface area contributed by atoms with E-state index >= 15 is 0 Å². The van der Waals surface area contributed by atoms with Crippen molar-refractivity contribution in [3.63, 3.8) is 0 Å². The van der Waals surface area contributed by atoms with Crippen LogP contribution < -0.4 is 4.90 Å². The summed E-state index contributed by atoms with van der Waals surface area (Å²) in [6, 6.07) is 8.64. The number of para-hydroxylation sites is 1. The summed E-state index contributed by atoms with van der Waals surface area (Å²) in [5.74, 6) is 0.527. The van der Waals surface area contributed by atoms with Gasteiger partial charge in [0.05, 0.1) is 12.1 Å². The van der Waals surface area contributed by atoms with Crippen LogP contribution in [0.5, 0.6) is 0 Å². The fourth-order valence-electron chi connectivity index (χ4n) is 2.96. The smallest absolute Gasteiger partial charge is 0.0633 e. The molecule has 3 heteroatoms. The van der Waals surface area contributed by atoms with Crippen molar-refractivity contribution in [2.24, 2.45) is 0 Å². The summed E-state index contributed by atoms with van der Waals surface area (Å²) in [7, 11) is 4.13. The van der Waals surface area contributed by atoms with Crippen molar-refractivity contribution in [3.05, 3.63) is 29.8 Å². The normalized spacial score (nSPS) is 23.6. The van der Waals surface area contributed by atoms with Crippen LogP contribution in [0.4, 0.5) is 5.69 Å². The van der Waals surface area contributed by atoms with Gasteiger partial charge in [-0.2, -0.15) is 0 Å². The monoisotopic (exact) mass is 262 g/mol. The number of aliphatic hydroxyl groups is 1. The molecule has 0 bridgehead atoms. The predicted octanol–water partition coefficient (Wildman–Crippen LogP) is 2.31. The van der Waals surface area contributed by atoms with Gasteiger partial charge in [-0.1, -0.05) is 32.0 Å². The summed E-state index contributed by atoms with van der Waals surface area (Å²) in [6.45, 7) is 6.61. The van der Waals surface area contributed by atoms with Gasteiger partial charge in [0.1, 0.15) is 0 Å². The molecule has 1 fully saturated rings. The molecular weight excluding hydrogens is 236 g/mol. The summed E-state index contributed by atoms with van der Waals surface area (Å²) in [5.41, 5.74) is 2.63. The fraction of sp³-hybridized carbons (Fsp3) is 0.625. The molecule has 1 aromatic carbocycles. The molecule has 19 heavy (non-hydrogen) atoms. The lowest BCUT2D eigenvalue weighted by Crippen LogP contribution is -2.49. The largest absolute Gasteiger partial charge is 0.394 e. The molecule has 1 aromatic rings. The zero-order chi connectivity index (χ0) is 14.0. The predicted molar refractivity (Wildman–Crippen MR) is 80.9 cm³/mol. The van der Waals surface area contributed by atoms with Crippen LogP contribution in [0.1, 0.15) is 31.7 Å². The van der Waals surface area contributed by atoms with Gasteiger partial charge in [-0.15, -0.1) is 0 Å². The molecule has 1 N–H and O–H groups in total. The number of nitrogens with zero attached hydrogens (tertiary/aromatic N) is 2. The number of aliphatic hydroxyl groups excluding tert-OH is 1. The molecule has 1 aliphatic heterocycles. The third-order valence-electron chi connectivity index (χ3n) is 4.47. The van der Waals surface area contributed by atoms with Crippen molar-refractivity contribution in [1.29, 1.82) is 0 Å². The van der Waals surface area contributed by atoms with Crippen molar-refractivity contribution < 1.29 is 5.11 Å². The molecule has 1 unspecified atom stereocenters. The van der Waals surface area contributed by atoms with E-state index in [1.807, 2.05) is 0 Å². The first-order valence-electron chi connectivity index (χ1n) is 7.12. The van der Waals surface area contributed by atoms with Crippen LogP contribution in [0, 0.1) is 0 Å². The molecule has 1 atom stereocenters. The third kappa shape index (κ3) is 2.63. The Morgan fingerprint density at radius 3 is 2.53 bits per heavy atom. The molecule has 0 radical (unpaired) electrons. The van der Waals surface area contributed by atoms with E-state index in [1.165, 1.54) is 11.3 Å². The third-order valence-corrected chi connectivity index (χ3v) is 4.47. The van der Waals surface area contributed by atoms with E-state index in [4.69, 9.17) is 0 Å². The lowest BCUT2D eigenvalue weighted by Gasteiger charge is -2.35. The molecule has 2 rings (SSSR count). The van der Waals surface area contributed by atoms with Crippen LogP contribution >= 0.6 is 0 Å². The topological polar surface area (TPSA) is 26.7 Å². The van der Waals surface area contributed by atoms with Crippen LogP contribution in [0.2, 0.25) is 0 Å². The highest BCUT2D eigenvalue weighted by molar-refractivity contribution is 5.56. The van der Waals surface area contributed by atoms with Gasteiger partial charge in [0.25, 0.3) is 0 Å². The second-order valence-corrected chi connectivity index (χ2v) is 6.16. The standard InChI is InChI=1S/C16H26N2O/c1-13(2)14-7-5-6-8-15(14)18-10-9-16(11-18,12-19)17(3)4/h5-8,13,19H,9-12H2,1-4H3. The first kappa shape index (κ1) is 14.4. The molecule has 0 aliphatic carbocycles. The summed E-state index contributed by atoms with van der Waals surface area (Å²) < 4.78 is 0. The first-order valence-corrected chi connectivity index (χ1v) is 7.12. The van der Waals surface area contributed by atoms with Gasteiger partial charge in [-0.25, -0.2) is 0 Å². The van der Waals surface area contributed by atoms with E-state index in [9.17, 15) is 5.11 Å². The molecule has 106 valence electrons. The van der Waals surface area contributed by atoms with E-state index in [1.54, 1.807) is 0 Å². The van der Waals surface area contributed by atoms with E-state index in [0.29, 0.717) is 5.92 Å². The highest BCUT2D eigenvalue weighted by atomic mass is 16.3. The first-order chi connectivity index (χ1) is 9.00.